The third kappa shape index (κ3) is 4.20. The van der Waals surface area contributed by atoms with Crippen LogP contribution in [0.4, 0.5) is 0 Å². The van der Waals surface area contributed by atoms with E-state index in [2.05, 4.69) is 35.3 Å². The number of ether oxygens (including phenoxy) is 2. The van der Waals surface area contributed by atoms with Crippen molar-refractivity contribution in [1.82, 2.24) is 10.2 Å². The van der Waals surface area contributed by atoms with Crippen molar-refractivity contribution < 1.29 is 9.47 Å². The fourth-order valence-electron chi connectivity index (χ4n) is 2.51. The molecule has 1 aromatic carbocycles. The van der Waals surface area contributed by atoms with Crippen molar-refractivity contribution in [3.8, 4) is 5.75 Å². The normalized spacial score (nSPS) is 17.4. The highest BCUT2D eigenvalue weighted by Gasteiger charge is 2.18. The molecule has 1 unspecified atom stereocenters. The minimum Gasteiger partial charge on any atom is -0.492 e. The number of likely N-dealkylation sites (N-methyl/N-ethyl adjacent to an activating group) is 1. The molecule has 2 rings (SSSR count). The minimum absolute atomic E-state index is 0.375. The minimum atomic E-state index is 0.375. The summed E-state index contributed by atoms with van der Waals surface area (Å²) in [7, 11) is 1.76. The molecule has 0 fully saturated rings. The van der Waals surface area contributed by atoms with Gasteiger partial charge in [-0.15, -0.1) is 0 Å². The van der Waals surface area contributed by atoms with Crippen molar-refractivity contribution in [3.05, 3.63) is 29.8 Å². The lowest BCUT2D eigenvalue weighted by Crippen LogP contribution is -2.44. The smallest absolute Gasteiger partial charge is 0.123 e. The number of hydrogen-bond donors (Lipinski definition) is 1. The molecule has 1 aliphatic heterocycles. The lowest BCUT2D eigenvalue weighted by Gasteiger charge is -2.26. The van der Waals surface area contributed by atoms with Crippen LogP contribution in [0.3, 0.4) is 0 Å². The summed E-state index contributed by atoms with van der Waals surface area (Å²) < 4.78 is 11.1. The SMILES string of the molecule is CCNC(COC)CN1CCOc2ccccc2C1. The maximum atomic E-state index is 5.79. The van der Waals surface area contributed by atoms with Gasteiger partial charge in [0, 0.05) is 38.3 Å². The van der Waals surface area contributed by atoms with Gasteiger partial charge in [-0.05, 0) is 12.6 Å². The lowest BCUT2D eigenvalue weighted by atomic mass is 10.2. The Morgan fingerprint density at radius 2 is 2.26 bits per heavy atom. The summed E-state index contributed by atoms with van der Waals surface area (Å²) in [6, 6.07) is 8.67. The van der Waals surface area contributed by atoms with E-state index in [0.717, 1.165) is 45.1 Å². The van der Waals surface area contributed by atoms with Crippen LogP contribution in [0, 0.1) is 0 Å². The summed E-state index contributed by atoms with van der Waals surface area (Å²) in [5, 5.41) is 3.47. The average molecular weight is 264 g/mol. The summed E-state index contributed by atoms with van der Waals surface area (Å²) in [4.78, 5) is 2.43. The topological polar surface area (TPSA) is 33.7 Å². The number of rotatable bonds is 6. The number of nitrogens with one attached hydrogen (secondary N) is 1. The molecule has 19 heavy (non-hydrogen) atoms. The van der Waals surface area contributed by atoms with Gasteiger partial charge in [0.1, 0.15) is 12.4 Å². The quantitative estimate of drug-likeness (QED) is 0.844. The monoisotopic (exact) mass is 264 g/mol. The molecule has 4 nitrogen and oxygen atoms in total. The van der Waals surface area contributed by atoms with Gasteiger partial charge in [0.25, 0.3) is 0 Å². The van der Waals surface area contributed by atoms with Gasteiger partial charge in [0.15, 0.2) is 0 Å². The van der Waals surface area contributed by atoms with E-state index < -0.39 is 0 Å². The predicted octanol–water partition coefficient (Wildman–Crippen LogP) is 1.51. The number of methoxy groups -OCH3 is 1. The van der Waals surface area contributed by atoms with Gasteiger partial charge in [0.2, 0.25) is 0 Å². The van der Waals surface area contributed by atoms with Crippen LogP contribution in [0.2, 0.25) is 0 Å². The molecule has 0 bridgehead atoms. The van der Waals surface area contributed by atoms with E-state index in [0.29, 0.717) is 6.04 Å². The van der Waals surface area contributed by atoms with E-state index in [1.54, 1.807) is 7.11 Å². The van der Waals surface area contributed by atoms with Crippen molar-refractivity contribution >= 4 is 0 Å². The fourth-order valence-corrected chi connectivity index (χ4v) is 2.51. The molecule has 0 aromatic heterocycles. The zero-order chi connectivity index (χ0) is 13.5. The zero-order valence-electron chi connectivity index (χ0n) is 11.9. The molecule has 106 valence electrons. The van der Waals surface area contributed by atoms with Gasteiger partial charge in [-0.1, -0.05) is 25.1 Å². The largest absolute Gasteiger partial charge is 0.492 e. The second-order valence-electron chi connectivity index (χ2n) is 4.90. The summed E-state index contributed by atoms with van der Waals surface area (Å²) >= 11 is 0. The van der Waals surface area contributed by atoms with Gasteiger partial charge >= 0.3 is 0 Å². The van der Waals surface area contributed by atoms with Crippen LogP contribution in [0.25, 0.3) is 0 Å². The van der Waals surface area contributed by atoms with Crippen molar-refractivity contribution in [2.45, 2.75) is 19.5 Å². The van der Waals surface area contributed by atoms with Gasteiger partial charge in [-0.25, -0.2) is 0 Å². The van der Waals surface area contributed by atoms with Crippen molar-refractivity contribution in [1.29, 1.82) is 0 Å². The van der Waals surface area contributed by atoms with E-state index in [4.69, 9.17) is 9.47 Å². The Morgan fingerprint density at radius 3 is 3.05 bits per heavy atom. The number of nitrogens with zero attached hydrogens (tertiary/aromatic N) is 1. The maximum absolute atomic E-state index is 5.79. The van der Waals surface area contributed by atoms with Crippen LogP contribution in [-0.4, -0.2) is 50.9 Å². The van der Waals surface area contributed by atoms with E-state index in [9.17, 15) is 0 Å². The summed E-state index contributed by atoms with van der Waals surface area (Å²) in [6.45, 7) is 7.48. The van der Waals surface area contributed by atoms with Crippen LogP contribution in [0.15, 0.2) is 24.3 Å². The fraction of sp³-hybridized carbons (Fsp3) is 0.600. The highest BCUT2D eigenvalue weighted by atomic mass is 16.5. The molecule has 1 aliphatic rings. The summed E-state index contributed by atoms with van der Waals surface area (Å²) in [6.07, 6.45) is 0. The maximum Gasteiger partial charge on any atom is 0.123 e. The number of benzene rings is 1. The highest BCUT2D eigenvalue weighted by Crippen LogP contribution is 2.22. The highest BCUT2D eigenvalue weighted by molar-refractivity contribution is 5.33. The molecule has 4 heteroatoms. The molecule has 0 amide bonds. The molecule has 1 atom stereocenters. The first-order valence-electron chi connectivity index (χ1n) is 6.99. The molecule has 0 saturated carbocycles. The van der Waals surface area contributed by atoms with Gasteiger partial charge in [-0.2, -0.15) is 0 Å². The Hall–Kier alpha value is -1.10. The first kappa shape index (κ1) is 14.3. The molecule has 0 saturated heterocycles. The molecule has 1 N–H and O–H groups in total. The first-order chi connectivity index (χ1) is 9.33. The zero-order valence-corrected chi connectivity index (χ0v) is 11.9. The average Bonchev–Trinajstić information content (AvgIpc) is 2.61. The molecular formula is C15H24N2O2. The second kappa shape index (κ2) is 7.48. The van der Waals surface area contributed by atoms with E-state index in [-0.39, 0.29) is 0 Å². The first-order valence-corrected chi connectivity index (χ1v) is 6.99. The van der Waals surface area contributed by atoms with E-state index >= 15 is 0 Å². The van der Waals surface area contributed by atoms with Crippen LogP contribution < -0.4 is 10.1 Å². The molecule has 1 aromatic rings. The lowest BCUT2D eigenvalue weighted by molar-refractivity contribution is 0.132. The van der Waals surface area contributed by atoms with Crippen molar-refractivity contribution in [2.75, 3.05) is 40.0 Å². The number of para-hydroxylation sites is 1. The van der Waals surface area contributed by atoms with Gasteiger partial charge < -0.3 is 14.8 Å². The molecule has 0 aliphatic carbocycles. The van der Waals surface area contributed by atoms with Crippen LogP contribution in [-0.2, 0) is 11.3 Å². The molecule has 0 radical (unpaired) electrons. The summed E-state index contributed by atoms with van der Waals surface area (Å²) in [5.74, 6) is 1.02. The predicted molar refractivity (Wildman–Crippen MR) is 76.6 cm³/mol. The summed E-state index contributed by atoms with van der Waals surface area (Å²) in [5.41, 5.74) is 1.27. The Labute approximate surface area is 115 Å². The third-order valence-electron chi connectivity index (χ3n) is 3.37. The Kier molecular flexibility index (Phi) is 5.63. The van der Waals surface area contributed by atoms with Crippen LogP contribution in [0.1, 0.15) is 12.5 Å². The Morgan fingerprint density at radius 1 is 1.42 bits per heavy atom. The van der Waals surface area contributed by atoms with Crippen molar-refractivity contribution in [3.63, 3.8) is 0 Å². The molecule has 1 heterocycles. The Balaban J connectivity index is 1.97. The van der Waals surface area contributed by atoms with E-state index in [1.807, 2.05) is 6.07 Å². The van der Waals surface area contributed by atoms with Crippen LogP contribution >= 0.6 is 0 Å². The van der Waals surface area contributed by atoms with E-state index in [1.165, 1.54) is 5.56 Å². The molecular weight excluding hydrogens is 240 g/mol. The third-order valence-corrected chi connectivity index (χ3v) is 3.37. The van der Waals surface area contributed by atoms with Crippen molar-refractivity contribution in [2.24, 2.45) is 0 Å². The standard InChI is InChI=1S/C15H24N2O2/c1-3-16-14(12-18-2)11-17-8-9-19-15-7-5-4-6-13(15)10-17/h4-7,14,16H,3,8-12H2,1-2H3. The number of fused-ring (bicyclic) bond motifs is 1. The van der Waals surface area contributed by atoms with Gasteiger partial charge in [0.05, 0.1) is 6.61 Å². The second-order valence-corrected chi connectivity index (χ2v) is 4.90. The van der Waals surface area contributed by atoms with Crippen LogP contribution in [0.5, 0.6) is 5.75 Å². The number of hydrogen-bond acceptors (Lipinski definition) is 4. The Bertz CT molecular complexity index is 378. The van der Waals surface area contributed by atoms with Gasteiger partial charge in [-0.3, -0.25) is 4.90 Å². The molecule has 0 spiro atoms.